The van der Waals surface area contributed by atoms with Crippen LogP contribution in [0, 0.1) is 5.92 Å². The van der Waals surface area contributed by atoms with Gasteiger partial charge in [-0.25, -0.2) is 0 Å². The predicted octanol–water partition coefficient (Wildman–Crippen LogP) is -3.28. The Balaban J connectivity index is 2.50. The molecule has 1 aliphatic rings. The van der Waals surface area contributed by atoms with Gasteiger partial charge in [0.25, 0.3) is 0 Å². The maximum absolute atomic E-state index is 12.5. The summed E-state index contributed by atoms with van der Waals surface area (Å²) in [5.41, 5.74) is 5.25. The van der Waals surface area contributed by atoms with Crippen molar-refractivity contribution in [3.63, 3.8) is 0 Å². The molecule has 3 atom stereocenters. The SMILES string of the molecule is CC(=O)N[C@H](C(=O)N[C@@H](C)C(=O)NCC(=O)N[C@@H](N)B(O)O)C1CCCC1. The van der Waals surface area contributed by atoms with Crippen LogP contribution in [0.5, 0.6) is 0 Å². The van der Waals surface area contributed by atoms with E-state index < -0.39 is 49.5 Å². The number of carbonyl (C=O) groups excluding carboxylic acids is 4. The Bertz CT molecular complexity index is 555. The van der Waals surface area contributed by atoms with Gasteiger partial charge in [-0.1, -0.05) is 12.8 Å². The lowest BCUT2D eigenvalue weighted by Crippen LogP contribution is -2.57. The summed E-state index contributed by atoms with van der Waals surface area (Å²) in [6.45, 7) is 2.34. The molecule has 12 heteroatoms. The molecule has 4 amide bonds. The first-order valence-electron chi connectivity index (χ1n) is 8.88. The molecule has 0 heterocycles. The van der Waals surface area contributed by atoms with Crippen LogP contribution in [0.3, 0.4) is 0 Å². The van der Waals surface area contributed by atoms with Crippen molar-refractivity contribution in [2.75, 3.05) is 6.54 Å². The highest BCUT2D eigenvalue weighted by Gasteiger charge is 2.32. The smallest absolute Gasteiger partial charge is 0.425 e. The van der Waals surface area contributed by atoms with Gasteiger partial charge in [-0.2, -0.15) is 0 Å². The van der Waals surface area contributed by atoms with Gasteiger partial charge in [0.05, 0.1) is 6.54 Å². The minimum atomic E-state index is -1.93. The van der Waals surface area contributed by atoms with Crippen LogP contribution in [0.25, 0.3) is 0 Å². The lowest BCUT2D eigenvalue weighted by Gasteiger charge is -2.25. The standard InChI is InChI=1S/C15H28BN5O6/c1-8(13(24)18-7-11(23)21-15(17)16(26)27)19-14(25)12(20-9(2)22)10-5-3-4-6-10/h8,10,12,15,26-27H,3-7,17H2,1-2H3,(H,18,24)(H,19,25)(H,20,22)(H,21,23)/t8-,12-,15+/m0/s1. The average Bonchev–Trinajstić information content (AvgIpc) is 3.11. The monoisotopic (exact) mass is 385 g/mol. The Labute approximate surface area is 158 Å². The molecule has 0 bridgehead atoms. The van der Waals surface area contributed by atoms with Crippen LogP contribution in [0.15, 0.2) is 0 Å². The Morgan fingerprint density at radius 2 is 1.67 bits per heavy atom. The summed E-state index contributed by atoms with van der Waals surface area (Å²) in [6, 6.07) is -3.01. The van der Waals surface area contributed by atoms with Gasteiger partial charge in [0.1, 0.15) is 18.1 Å². The van der Waals surface area contributed by atoms with Crippen molar-refractivity contribution in [1.82, 2.24) is 21.3 Å². The molecular weight excluding hydrogens is 357 g/mol. The second-order valence-electron chi connectivity index (χ2n) is 6.68. The van der Waals surface area contributed by atoms with Crippen molar-refractivity contribution in [1.29, 1.82) is 0 Å². The normalized spacial score (nSPS) is 17.4. The molecule has 152 valence electrons. The number of amides is 4. The quantitative estimate of drug-likeness (QED) is 0.160. The van der Waals surface area contributed by atoms with E-state index in [0.717, 1.165) is 25.7 Å². The van der Waals surface area contributed by atoms with Crippen LogP contribution in [0.2, 0.25) is 0 Å². The first kappa shape index (κ1) is 22.9. The fraction of sp³-hybridized carbons (Fsp3) is 0.733. The largest absolute Gasteiger partial charge is 0.490 e. The minimum absolute atomic E-state index is 0.0290. The summed E-state index contributed by atoms with van der Waals surface area (Å²) < 4.78 is 0. The number of carbonyl (C=O) groups is 4. The van der Waals surface area contributed by atoms with Crippen molar-refractivity contribution in [2.45, 2.75) is 57.7 Å². The van der Waals surface area contributed by atoms with E-state index in [1.807, 2.05) is 0 Å². The molecule has 27 heavy (non-hydrogen) atoms. The summed E-state index contributed by atoms with van der Waals surface area (Å²) in [6.07, 6.45) is 3.64. The molecule has 0 spiro atoms. The Morgan fingerprint density at radius 3 is 2.19 bits per heavy atom. The van der Waals surface area contributed by atoms with Crippen molar-refractivity contribution in [2.24, 2.45) is 11.7 Å². The van der Waals surface area contributed by atoms with Crippen molar-refractivity contribution in [3.8, 4) is 0 Å². The third kappa shape index (κ3) is 7.93. The summed E-state index contributed by atoms with van der Waals surface area (Å²) in [4.78, 5) is 47.5. The molecule has 1 saturated carbocycles. The van der Waals surface area contributed by atoms with E-state index in [4.69, 9.17) is 15.8 Å². The van der Waals surface area contributed by atoms with Crippen molar-refractivity contribution in [3.05, 3.63) is 0 Å². The summed E-state index contributed by atoms with van der Waals surface area (Å²) in [7, 11) is -1.93. The Hall–Kier alpha value is -2.18. The van der Waals surface area contributed by atoms with E-state index >= 15 is 0 Å². The molecule has 0 aromatic heterocycles. The van der Waals surface area contributed by atoms with E-state index in [1.165, 1.54) is 13.8 Å². The van der Waals surface area contributed by atoms with Gasteiger partial charge < -0.3 is 37.0 Å². The molecule has 0 aromatic rings. The number of rotatable bonds is 9. The molecule has 0 unspecified atom stereocenters. The lowest BCUT2D eigenvalue weighted by atomic mass is 9.87. The van der Waals surface area contributed by atoms with E-state index in [2.05, 4.69) is 21.3 Å². The summed E-state index contributed by atoms with van der Waals surface area (Å²) in [5, 5.41) is 27.2. The van der Waals surface area contributed by atoms with Crippen LogP contribution in [-0.4, -0.2) is 65.5 Å². The number of nitrogens with two attached hydrogens (primary N) is 1. The molecule has 8 N–H and O–H groups in total. The van der Waals surface area contributed by atoms with E-state index in [9.17, 15) is 19.2 Å². The predicted molar refractivity (Wildman–Crippen MR) is 96.5 cm³/mol. The summed E-state index contributed by atoms with van der Waals surface area (Å²) >= 11 is 0. The van der Waals surface area contributed by atoms with Gasteiger partial charge in [-0.05, 0) is 25.7 Å². The second-order valence-corrected chi connectivity index (χ2v) is 6.68. The van der Waals surface area contributed by atoms with Gasteiger partial charge in [-0.15, -0.1) is 0 Å². The van der Waals surface area contributed by atoms with Gasteiger partial charge >= 0.3 is 7.12 Å². The molecular formula is C15H28BN5O6. The molecule has 11 nitrogen and oxygen atoms in total. The van der Waals surface area contributed by atoms with E-state index in [1.54, 1.807) is 0 Å². The lowest BCUT2D eigenvalue weighted by molar-refractivity contribution is -0.133. The van der Waals surface area contributed by atoms with Gasteiger partial charge in [0.15, 0.2) is 0 Å². The molecule has 1 rings (SSSR count). The molecule has 1 fully saturated rings. The minimum Gasteiger partial charge on any atom is -0.425 e. The topological polar surface area (TPSA) is 183 Å². The van der Waals surface area contributed by atoms with Gasteiger partial charge in [-0.3, -0.25) is 19.2 Å². The molecule has 0 saturated heterocycles. The number of hydrogen-bond acceptors (Lipinski definition) is 7. The third-order valence-electron chi connectivity index (χ3n) is 4.34. The van der Waals surface area contributed by atoms with Crippen molar-refractivity contribution >= 4 is 30.7 Å². The van der Waals surface area contributed by atoms with Crippen LogP contribution in [0.1, 0.15) is 39.5 Å². The van der Waals surface area contributed by atoms with Gasteiger partial charge in [0, 0.05) is 6.92 Å². The maximum Gasteiger partial charge on any atom is 0.490 e. The fourth-order valence-corrected chi connectivity index (χ4v) is 2.91. The molecule has 1 aliphatic carbocycles. The second kappa shape index (κ2) is 10.8. The first-order chi connectivity index (χ1) is 12.6. The Kier molecular flexibility index (Phi) is 9.19. The first-order valence-corrected chi connectivity index (χ1v) is 8.88. The number of hydrogen-bond donors (Lipinski definition) is 7. The van der Waals surface area contributed by atoms with Crippen molar-refractivity contribution < 1.29 is 29.2 Å². The maximum atomic E-state index is 12.5. The number of nitrogens with one attached hydrogen (secondary N) is 4. The van der Waals surface area contributed by atoms with Crippen LogP contribution < -0.4 is 27.0 Å². The molecule has 0 radical (unpaired) electrons. The van der Waals surface area contributed by atoms with Crippen LogP contribution in [-0.2, 0) is 19.2 Å². The van der Waals surface area contributed by atoms with E-state index in [-0.39, 0.29) is 11.8 Å². The van der Waals surface area contributed by atoms with E-state index in [0.29, 0.717) is 0 Å². The highest BCUT2D eigenvalue weighted by atomic mass is 16.4. The zero-order valence-corrected chi connectivity index (χ0v) is 15.5. The van der Waals surface area contributed by atoms with Crippen LogP contribution >= 0.6 is 0 Å². The fourth-order valence-electron chi connectivity index (χ4n) is 2.91. The van der Waals surface area contributed by atoms with Gasteiger partial charge in [0.2, 0.25) is 23.6 Å². The average molecular weight is 385 g/mol. The Morgan fingerprint density at radius 1 is 1.07 bits per heavy atom. The molecule has 0 aromatic carbocycles. The third-order valence-corrected chi connectivity index (χ3v) is 4.34. The highest BCUT2D eigenvalue weighted by Crippen LogP contribution is 2.27. The molecule has 0 aliphatic heterocycles. The zero-order chi connectivity index (χ0) is 20.6. The highest BCUT2D eigenvalue weighted by molar-refractivity contribution is 6.43. The van der Waals surface area contributed by atoms with Crippen LogP contribution in [0.4, 0.5) is 0 Å². The zero-order valence-electron chi connectivity index (χ0n) is 15.5. The summed E-state index contributed by atoms with van der Waals surface area (Å²) in [5.74, 6) is -2.07.